The average Bonchev–Trinajstić information content (AvgIpc) is 2.54. The summed E-state index contributed by atoms with van der Waals surface area (Å²) in [4.78, 5) is 23.1. The lowest BCUT2D eigenvalue weighted by molar-refractivity contribution is -0.479. The number of benzene rings is 2. The molecule has 22 heavy (non-hydrogen) atoms. The third-order valence-electron chi connectivity index (χ3n) is 3.05. The Bertz CT molecular complexity index is 660. The van der Waals surface area contributed by atoms with Gasteiger partial charge >= 0.3 is 5.97 Å². The third-order valence-corrected chi connectivity index (χ3v) is 4.36. The van der Waals surface area contributed by atoms with E-state index in [9.17, 15) is 14.9 Å². The van der Waals surface area contributed by atoms with Crippen molar-refractivity contribution in [3.05, 3.63) is 75.8 Å². The Hall–Kier alpha value is -2.34. The number of nitro groups is 1. The summed E-state index contributed by atoms with van der Waals surface area (Å²) >= 11 is 1.30. The molecule has 0 radical (unpaired) electrons. The van der Waals surface area contributed by atoms with Crippen LogP contribution in [-0.4, -0.2) is 24.5 Å². The van der Waals surface area contributed by atoms with Crippen LogP contribution in [0.3, 0.4) is 0 Å². The van der Waals surface area contributed by atoms with Crippen LogP contribution >= 0.6 is 11.8 Å². The van der Waals surface area contributed by atoms with Crippen molar-refractivity contribution in [2.45, 2.75) is 10.1 Å². The molecule has 0 aliphatic heterocycles. The van der Waals surface area contributed by atoms with Crippen LogP contribution in [0.4, 0.5) is 0 Å². The Morgan fingerprint density at radius 1 is 1.18 bits per heavy atom. The number of esters is 1. The summed E-state index contributed by atoms with van der Waals surface area (Å²) in [6.07, 6.45) is 0. The van der Waals surface area contributed by atoms with Gasteiger partial charge in [-0.15, -0.1) is 11.8 Å². The molecule has 0 bridgehead atoms. The van der Waals surface area contributed by atoms with Crippen LogP contribution in [0.5, 0.6) is 0 Å². The zero-order valence-electron chi connectivity index (χ0n) is 12.0. The molecule has 2 aromatic rings. The molecular weight excluding hydrogens is 302 g/mol. The van der Waals surface area contributed by atoms with Crippen molar-refractivity contribution >= 4 is 17.7 Å². The molecule has 0 fully saturated rings. The van der Waals surface area contributed by atoms with E-state index in [4.69, 9.17) is 4.74 Å². The maximum atomic E-state index is 11.8. The first-order chi connectivity index (χ1) is 10.6. The molecule has 0 saturated heterocycles. The highest BCUT2D eigenvalue weighted by molar-refractivity contribution is 7.99. The molecule has 1 atom stereocenters. The van der Waals surface area contributed by atoms with E-state index in [0.717, 1.165) is 5.56 Å². The maximum Gasteiger partial charge on any atom is 0.338 e. The van der Waals surface area contributed by atoms with Gasteiger partial charge in [0, 0.05) is 9.82 Å². The van der Waals surface area contributed by atoms with Gasteiger partial charge in [-0.25, -0.2) is 4.79 Å². The topological polar surface area (TPSA) is 69.4 Å². The molecule has 2 aromatic carbocycles. The first-order valence-electron chi connectivity index (χ1n) is 6.62. The second kappa shape index (κ2) is 7.61. The van der Waals surface area contributed by atoms with Crippen molar-refractivity contribution < 1.29 is 14.5 Å². The number of carbonyl (C=O) groups excluding carboxylic acids is 1. The smallest absolute Gasteiger partial charge is 0.338 e. The van der Waals surface area contributed by atoms with Crippen LogP contribution in [0.25, 0.3) is 0 Å². The largest absolute Gasteiger partial charge is 0.465 e. The van der Waals surface area contributed by atoms with E-state index >= 15 is 0 Å². The van der Waals surface area contributed by atoms with E-state index in [2.05, 4.69) is 0 Å². The Morgan fingerprint density at radius 3 is 2.45 bits per heavy atom. The van der Waals surface area contributed by atoms with Crippen LogP contribution in [0.1, 0.15) is 21.2 Å². The van der Waals surface area contributed by atoms with Crippen molar-refractivity contribution in [3.63, 3.8) is 0 Å². The summed E-state index contributed by atoms with van der Waals surface area (Å²) in [5, 5.41) is 10.6. The van der Waals surface area contributed by atoms with Gasteiger partial charge < -0.3 is 4.74 Å². The Morgan fingerprint density at radius 2 is 1.82 bits per heavy atom. The second-order valence-corrected chi connectivity index (χ2v) is 5.76. The van der Waals surface area contributed by atoms with Crippen molar-refractivity contribution in [1.29, 1.82) is 0 Å². The quantitative estimate of drug-likeness (QED) is 0.352. The number of rotatable bonds is 6. The van der Waals surface area contributed by atoms with Crippen LogP contribution in [0.2, 0.25) is 0 Å². The standard InChI is InChI=1S/C16H15NO4S/c1-21-16(18)13-9-5-6-10-14(13)22-15(11-17(19)20)12-7-3-2-4-8-12/h2-10,15H,11H2,1H3/t15-/m0/s1. The number of carbonyl (C=O) groups is 1. The van der Waals surface area contributed by atoms with Gasteiger partial charge in [-0.05, 0) is 17.7 Å². The predicted molar refractivity (Wildman–Crippen MR) is 84.7 cm³/mol. The molecule has 0 saturated carbocycles. The first kappa shape index (κ1) is 16.0. The van der Waals surface area contributed by atoms with Gasteiger partial charge in [0.2, 0.25) is 6.54 Å². The summed E-state index contributed by atoms with van der Waals surface area (Å²) in [5.41, 5.74) is 1.27. The number of hydrogen-bond acceptors (Lipinski definition) is 5. The number of methoxy groups -OCH3 is 1. The lowest BCUT2D eigenvalue weighted by Gasteiger charge is -2.15. The predicted octanol–water partition coefficient (Wildman–Crippen LogP) is 3.58. The molecule has 0 aliphatic carbocycles. The summed E-state index contributed by atoms with van der Waals surface area (Å²) in [5.74, 6) is -0.448. The zero-order chi connectivity index (χ0) is 15.9. The van der Waals surface area contributed by atoms with E-state index < -0.39 is 5.97 Å². The monoisotopic (exact) mass is 317 g/mol. The number of ether oxygens (including phenoxy) is 1. The molecule has 5 nitrogen and oxygen atoms in total. The van der Waals surface area contributed by atoms with Crippen molar-refractivity contribution in [3.8, 4) is 0 Å². The summed E-state index contributed by atoms with van der Waals surface area (Å²) in [6.45, 7) is -0.218. The van der Waals surface area contributed by atoms with Crippen LogP contribution < -0.4 is 0 Å². The maximum absolute atomic E-state index is 11.8. The van der Waals surface area contributed by atoms with E-state index in [1.807, 2.05) is 30.3 Å². The van der Waals surface area contributed by atoms with Crippen LogP contribution in [0.15, 0.2) is 59.5 Å². The van der Waals surface area contributed by atoms with E-state index in [1.54, 1.807) is 24.3 Å². The molecule has 0 aromatic heterocycles. The third kappa shape index (κ3) is 4.08. The molecule has 2 rings (SSSR count). The highest BCUT2D eigenvalue weighted by Gasteiger charge is 2.22. The fourth-order valence-electron chi connectivity index (χ4n) is 2.02. The fraction of sp³-hybridized carbons (Fsp3) is 0.188. The van der Waals surface area contributed by atoms with Crippen LogP contribution in [-0.2, 0) is 4.74 Å². The SMILES string of the molecule is COC(=O)c1ccccc1S[C@@H](C[N+](=O)[O-])c1ccccc1. The summed E-state index contributed by atoms with van der Waals surface area (Å²) in [6, 6.07) is 16.2. The zero-order valence-corrected chi connectivity index (χ0v) is 12.8. The van der Waals surface area contributed by atoms with Crippen molar-refractivity contribution in [1.82, 2.24) is 0 Å². The van der Waals surface area contributed by atoms with Gasteiger partial charge in [-0.1, -0.05) is 42.5 Å². The van der Waals surface area contributed by atoms with Crippen LogP contribution in [0, 0.1) is 10.1 Å². The first-order valence-corrected chi connectivity index (χ1v) is 7.50. The molecule has 0 unspecified atom stereocenters. The normalized spacial score (nSPS) is 11.7. The highest BCUT2D eigenvalue weighted by Crippen LogP contribution is 2.37. The molecule has 0 aliphatic rings. The number of hydrogen-bond donors (Lipinski definition) is 0. The summed E-state index contributed by atoms with van der Waals surface area (Å²) < 4.78 is 4.76. The van der Waals surface area contributed by atoms with E-state index in [0.29, 0.717) is 10.5 Å². The molecule has 0 N–H and O–H groups in total. The fourth-order valence-corrected chi connectivity index (χ4v) is 3.25. The summed E-state index contributed by atoms with van der Waals surface area (Å²) in [7, 11) is 1.31. The van der Waals surface area contributed by atoms with Gasteiger partial charge in [0.25, 0.3) is 0 Å². The van der Waals surface area contributed by atoms with Crippen molar-refractivity contribution in [2.24, 2.45) is 0 Å². The van der Waals surface area contributed by atoms with Gasteiger partial charge in [-0.3, -0.25) is 10.1 Å². The minimum Gasteiger partial charge on any atom is -0.465 e. The minimum atomic E-state index is -0.448. The van der Waals surface area contributed by atoms with Crippen molar-refractivity contribution in [2.75, 3.05) is 13.7 Å². The lowest BCUT2D eigenvalue weighted by Crippen LogP contribution is -2.11. The molecule has 6 heteroatoms. The van der Waals surface area contributed by atoms with E-state index in [1.165, 1.54) is 18.9 Å². The van der Waals surface area contributed by atoms with Gasteiger partial charge in [0.05, 0.1) is 17.9 Å². The highest BCUT2D eigenvalue weighted by atomic mass is 32.2. The van der Waals surface area contributed by atoms with E-state index in [-0.39, 0.29) is 16.7 Å². The van der Waals surface area contributed by atoms with Gasteiger partial charge in [-0.2, -0.15) is 0 Å². The Labute approximate surface area is 132 Å². The Kier molecular flexibility index (Phi) is 5.55. The number of nitrogens with zero attached hydrogens (tertiary/aromatic N) is 1. The average molecular weight is 317 g/mol. The molecule has 0 heterocycles. The molecule has 114 valence electrons. The molecule has 0 amide bonds. The minimum absolute atomic E-state index is 0.218. The molecule has 0 spiro atoms. The Balaban J connectivity index is 2.32. The van der Waals surface area contributed by atoms with Gasteiger partial charge in [0.1, 0.15) is 0 Å². The lowest BCUT2D eigenvalue weighted by atomic mass is 10.1. The molecular formula is C16H15NO4S. The van der Waals surface area contributed by atoms with Gasteiger partial charge in [0.15, 0.2) is 0 Å². The number of thioether (sulfide) groups is 1. The second-order valence-electron chi connectivity index (χ2n) is 4.52.